The van der Waals surface area contributed by atoms with Crippen LogP contribution in [0.25, 0.3) is 10.8 Å². The van der Waals surface area contributed by atoms with Gasteiger partial charge in [-0.2, -0.15) is 5.10 Å². The second-order valence-electron chi connectivity index (χ2n) is 9.13. The van der Waals surface area contributed by atoms with E-state index >= 15 is 0 Å². The summed E-state index contributed by atoms with van der Waals surface area (Å²) >= 11 is 0. The van der Waals surface area contributed by atoms with Gasteiger partial charge in [-0.1, -0.05) is 31.0 Å². The van der Waals surface area contributed by atoms with Crippen molar-refractivity contribution in [1.82, 2.24) is 15.1 Å². The zero-order valence-corrected chi connectivity index (χ0v) is 18.0. The summed E-state index contributed by atoms with van der Waals surface area (Å²) in [6.45, 7) is 3.78. The molecule has 1 N–H and O–H groups in total. The maximum absolute atomic E-state index is 13.9. The molecule has 1 amide bonds. The highest BCUT2D eigenvalue weighted by Crippen LogP contribution is 2.52. The lowest BCUT2D eigenvalue weighted by Gasteiger charge is -2.46. The standard InChI is InChI=1S/C25H25N3O4/c1-15-18-12-20-21(32-11-10-31-20)13-19(18)25(8-4-5-9-25)14-28(15)24(30)22-16-6-2-3-7-17(16)23(29)27-26-22/h2-3,6-7,12-13,15H,4-5,8-11,14H2,1H3,(H,27,29). The number of benzene rings is 2. The maximum Gasteiger partial charge on any atom is 0.275 e. The van der Waals surface area contributed by atoms with Gasteiger partial charge < -0.3 is 14.4 Å². The molecule has 0 radical (unpaired) electrons. The zero-order valence-electron chi connectivity index (χ0n) is 18.0. The number of aromatic nitrogens is 2. The molecule has 1 unspecified atom stereocenters. The number of H-pyrrole nitrogens is 1. The summed E-state index contributed by atoms with van der Waals surface area (Å²) in [7, 11) is 0. The van der Waals surface area contributed by atoms with E-state index in [1.165, 1.54) is 5.56 Å². The molecule has 164 valence electrons. The number of amides is 1. The van der Waals surface area contributed by atoms with E-state index in [2.05, 4.69) is 29.3 Å². The van der Waals surface area contributed by atoms with Crippen molar-refractivity contribution >= 4 is 16.7 Å². The minimum absolute atomic E-state index is 0.0919. The van der Waals surface area contributed by atoms with Gasteiger partial charge in [0.25, 0.3) is 11.5 Å². The second kappa shape index (κ2) is 7.08. The van der Waals surface area contributed by atoms with Crippen molar-refractivity contribution in [3.05, 3.63) is 63.6 Å². The molecule has 2 aromatic carbocycles. The molecule has 1 aliphatic carbocycles. The van der Waals surface area contributed by atoms with Crippen LogP contribution in [-0.4, -0.2) is 40.8 Å². The average Bonchev–Trinajstić information content (AvgIpc) is 3.30. The predicted octanol–water partition coefficient (Wildman–Crippen LogP) is 3.72. The van der Waals surface area contributed by atoms with Crippen LogP contribution in [0, 0.1) is 0 Å². The topological polar surface area (TPSA) is 84.5 Å². The van der Waals surface area contributed by atoms with Crippen LogP contribution < -0.4 is 15.0 Å². The number of nitrogens with one attached hydrogen (secondary N) is 1. The highest BCUT2D eigenvalue weighted by atomic mass is 16.6. The van der Waals surface area contributed by atoms with E-state index in [9.17, 15) is 9.59 Å². The van der Waals surface area contributed by atoms with Crippen LogP contribution >= 0.6 is 0 Å². The average molecular weight is 431 g/mol. The van der Waals surface area contributed by atoms with Gasteiger partial charge in [-0.25, -0.2) is 5.10 Å². The molecular formula is C25H25N3O4. The summed E-state index contributed by atoms with van der Waals surface area (Å²) < 4.78 is 11.7. The molecule has 3 heterocycles. The molecule has 7 nitrogen and oxygen atoms in total. The van der Waals surface area contributed by atoms with Crippen LogP contribution in [0.5, 0.6) is 11.5 Å². The number of hydrogen-bond donors (Lipinski definition) is 1. The predicted molar refractivity (Wildman–Crippen MR) is 119 cm³/mol. The minimum atomic E-state index is -0.287. The van der Waals surface area contributed by atoms with Gasteiger partial charge in [-0.3, -0.25) is 9.59 Å². The number of hydrogen-bond acceptors (Lipinski definition) is 5. The molecular weight excluding hydrogens is 406 g/mol. The Morgan fingerprint density at radius 3 is 2.53 bits per heavy atom. The fourth-order valence-corrected chi connectivity index (χ4v) is 5.77. The lowest BCUT2D eigenvalue weighted by atomic mass is 9.71. The molecule has 1 spiro atoms. The third kappa shape index (κ3) is 2.76. The van der Waals surface area contributed by atoms with Crippen LogP contribution in [0.2, 0.25) is 0 Å². The van der Waals surface area contributed by atoms with E-state index in [0.717, 1.165) is 42.7 Å². The van der Waals surface area contributed by atoms with Crippen molar-refractivity contribution in [2.45, 2.75) is 44.1 Å². The smallest absolute Gasteiger partial charge is 0.275 e. The van der Waals surface area contributed by atoms with Crippen molar-refractivity contribution in [2.75, 3.05) is 19.8 Å². The van der Waals surface area contributed by atoms with Gasteiger partial charge >= 0.3 is 0 Å². The van der Waals surface area contributed by atoms with Gasteiger partial charge in [-0.15, -0.1) is 0 Å². The Balaban J connectivity index is 1.49. The first kappa shape index (κ1) is 19.3. The molecule has 1 saturated carbocycles. The van der Waals surface area contributed by atoms with Crippen molar-refractivity contribution in [3.8, 4) is 11.5 Å². The first-order valence-corrected chi connectivity index (χ1v) is 11.3. The van der Waals surface area contributed by atoms with E-state index in [-0.39, 0.29) is 22.9 Å². The Morgan fingerprint density at radius 1 is 1.09 bits per heavy atom. The number of rotatable bonds is 1. The molecule has 1 fully saturated rings. The Hall–Kier alpha value is -3.35. The second-order valence-corrected chi connectivity index (χ2v) is 9.13. The molecule has 1 atom stereocenters. The normalized spacial score (nSPS) is 21.0. The fourth-order valence-electron chi connectivity index (χ4n) is 5.77. The Labute approximate surface area is 185 Å². The van der Waals surface area contributed by atoms with E-state index in [1.807, 2.05) is 11.0 Å². The summed E-state index contributed by atoms with van der Waals surface area (Å²) in [6, 6.07) is 11.2. The first-order chi connectivity index (χ1) is 15.6. The number of nitrogens with zero attached hydrogens (tertiary/aromatic N) is 2. The fraction of sp³-hybridized carbons (Fsp3) is 0.400. The highest BCUT2D eigenvalue weighted by molar-refractivity contribution is 6.05. The third-order valence-corrected chi connectivity index (χ3v) is 7.40. The molecule has 1 aromatic heterocycles. The monoisotopic (exact) mass is 431 g/mol. The van der Waals surface area contributed by atoms with Crippen molar-refractivity contribution in [2.24, 2.45) is 0 Å². The van der Waals surface area contributed by atoms with Crippen LogP contribution in [0.1, 0.15) is 60.3 Å². The van der Waals surface area contributed by atoms with Gasteiger partial charge in [-0.05, 0) is 49.1 Å². The van der Waals surface area contributed by atoms with Crippen molar-refractivity contribution in [3.63, 3.8) is 0 Å². The van der Waals surface area contributed by atoms with Gasteiger partial charge in [0.15, 0.2) is 17.2 Å². The third-order valence-electron chi connectivity index (χ3n) is 7.40. The summed E-state index contributed by atoms with van der Waals surface area (Å²) in [5, 5.41) is 7.76. The quantitative estimate of drug-likeness (QED) is 0.635. The lowest BCUT2D eigenvalue weighted by molar-refractivity contribution is 0.0588. The number of carbonyl (C=O) groups is 1. The lowest BCUT2D eigenvalue weighted by Crippen LogP contribution is -2.49. The maximum atomic E-state index is 13.9. The molecule has 0 saturated heterocycles. The van der Waals surface area contributed by atoms with Crippen LogP contribution in [0.3, 0.4) is 0 Å². The van der Waals surface area contributed by atoms with E-state index in [0.29, 0.717) is 36.2 Å². The molecule has 2 aliphatic heterocycles. The summed E-state index contributed by atoms with van der Waals surface area (Å²) in [4.78, 5) is 28.0. The van der Waals surface area contributed by atoms with Gasteiger partial charge in [0.05, 0.1) is 11.4 Å². The molecule has 7 heteroatoms. The Kier molecular flexibility index (Phi) is 4.28. The van der Waals surface area contributed by atoms with E-state index in [4.69, 9.17) is 9.47 Å². The molecule has 3 aliphatic rings. The van der Waals surface area contributed by atoms with Gasteiger partial charge in [0.1, 0.15) is 13.2 Å². The highest BCUT2D eigenvalue weighted by Gasteiger charge is 2.47. The molecule has 6 rings (SSSR count). The molecule has 0 bridgehead atoms. The van der Waals surface area contributed by atoms with Gasteiger partial charge in [0.2, 0.25) is 0 Å². The van der Waals surface area contributed by atoms with Crippen molar-refractivity contribution < 1.29 is 14.3 Å². The minimum Gasteiger partial charge on any atom is -0.486 e. The zero-order chi connectivity index (χ0) is 21.9. The van der Waals surface area contributed by atoms with E-state index in [1.54, 1.807) is 18.2 Å². The Morgan fingerprint density at radius 2 is 1.78 bits per heavy atom. The van der Waals surface area contributed by atoms with Crippen LogP contribution in [0.15, 0.2) is 41.2 Å². The molecule has 3 aromatic rings. The van der Waals surface area contributed by atoms with Crippen LogP contribution in [0.4, 0.5) is 0 Å². The first-order valence-electron chi connectivity index (χ1n) is 11.3. The number of fused-ring (bicyclic) bond motifs is 4. The number of aromatic amines is 1. The van der Waals surface area contributed by atoms with Gasteiger partial charge in [0, 0.05) is 17.3 Å². The number of carbonyl (C=O) groups excluding carboxylic acids is 1. The SMILES string of the molecule is CC1c2cc3c(cc2C2(CCCC2)CN1C(=O)c1n[nH]c(=O)c2ccccc12)OCCO3. The summed E-state index contributed by atoms with van der Waals surface area (Å²) in [6.07, 6.45) is 4.36. The molecule has 32 heavy (non-hydrogen) atoms. The van der Waals surface area contributed by atoms with Crippen molar-refractivity contribution in [1.29, 1.82) is 0 Å². The van der Waals surface area contributed by atoms with E-state index < -0.39 is 0 Å². The Bertz CT molecular complexity index is 1290. The number of ether oxygens (including phenoxy) is 2. The summed E-state index contributed by atoms with van der Waals surface area (Å²) in [5.41, 5.74) is 2.32. The summed E-state index contributed by atoms with van der Waals surface area (Å²) in [5.74, 6) is 1.40. The van der Waals surface area contributed by atoms with Crippen LogP contribution in [-0.2, 0) is 5.41 Å². The largest absolute Gasteiger partial charge is 0.486 e.